The number of thioether (sulfide) groups is 1. The molecule has 2 rings (SSSR count). The van der Waals surface area contributed by atoms with Crippen LogP contribution in [0.1, 0.15) is 5.82 Å². The minimum atomic E-state index is 0.535. The van der Waals surface area contributed by atoms with Crippen molar-refractivity contribution in [2.75, 3.05) is 5.73 Å². The molecule has 0 amide bonds. The van der Waals surface area contributed by atoms with Crippen molar-refractivity contribution >= 4 is 51.8 Å². The molecule has 0 fully saturated rings. The summed E-state index contributed by atoms with van der Waals surface area (Å²) in [5.74, 6) is 1.97. The van der Waals surface area contributed by atoms with E-state index in [0.29, 0.717) is 11.6 Å². The van der Waals surface area contributed by atoms with Gasteiger partial charge in [0.2, 0.25) is 0 Å². The van der Waals surface area contributed by atoms with E-state index in [-0.39, 0.29) is 0 Å². The van der Waals surface area contributed by atoms with E-state index < -0.39 is 0 Å². The first-order valence-corrected chi connectivity index (χ1v) is 7.24. The molecule has 1 aromatic heterocycles. The Labute approximate surface area is 122 Å². The van der Waals surface area contributed by atoms with Gasteiger partial charge in [0, 0.05) is 16.1 Å². The second-order valence-corrected chi connectivity index (χ2v) is 5.91. The van der Waals surface area contributed by atoms with Crippen molar-refractivity contribution in [2.45, 2.75) is 10.6 Å². The molecular weight excluding hydrogens is 369 g/mol. The van der Waals surface area contributed by atoms with Crippen LogP contribution in [-0.4, -0.2) is 9.97 Å². The topological polar surface area (TPSA) is 51.8 Å². The summed E-state index contributed by atoms with van der Waals surface area (Å²) in [6.45, 7) is 0. The largest absolute Gasteiger partial charge is 0.383 e. The van der Waals surface area contributed by atoms with Crippen LogP contribution in [0.3, 0.4) is 0 Å². The minimum absolute atomic E-state index is 0.535. The fourth-order valence-corrected chi connectivity index (χ4v) is 2.32. The van der Waals surface area contributed by atoms with Crippen LogP contribution in [0.5, 0.6) is 0 Å². The molecule has 3 nitrogen and oxygen atoms in total. The van der Waals surface area contributed by atoms with Crippen molar-refractivity contribution in [3.63, 3.8) is 0 Å². The van der Waals surface area contributed by atoms with E-state index in [1.807, 2.05) is 24.3 Å². The van der Waals surface area contributed by atoms with Gasteiger partial charge in [-0.2, -0.15) is 0 Å². The number of halogens is 2. The van der Waals surface area contributed by atoms with Crippen LogP contribution in [0.2, 0.25) is 5.02 Å². The number of nitrogen functional groups attached to an aromatic ring is 1. The fourth-order valence-electron chi connectivity index (χ4n) is 1.17. The van der Waals surface area contributed by atoms with E-state index in [1.54, 1.807) is 18.0 Å². The maximum absolute atomic E-state index is 5.82. The third-order valence-electron chi connectivity index (χ3n) is 2.00. The van der Waals surface area contributed by atoms with Gasteiger partial charge in [0.15, 0.2) is 0 Å². The van der Waals surface area contributed by atoms with E-state index in [2.05, 4.69) is 32.6 Å². The van der Waals surface area contributed by atoms with Gasteiger partial charge in [-0.1, -0.05) is 11.6 Å². The molecule has 1 aromatic carbocycles. The smallest absolute Gasteiger partial charge is 0.140 e. The first kappa shape index (κ1) is 12.9. The Morgan fingerprint density at radius 3 is 2.65 bits per heavy atom. The Hall–Kier alpha value is -0.530. The third-order valence-corrected chi connectivity index (χ3v) is 4.09. The maximum atomic E-state index is 5.82. The van der Waals surface area contributed by atoms with Crippen LogP contribution in [0.4, 0.5) is 5.82 Å². The zero-order chi connectivity index (χ0) is 12.3. The van der Waals surface area contributed by atoms with Gasteiger partial charge in [-0.3, -0.25) is 0 Å². The molecule has 0 saturated heterocycles. The average molecular weight is 378 g/mol. The summed E-state index contributed by atoms with van der Waals surface area (Å²) in [5.41, 5.74) is 5.72. The molecule has 0 spiro atoms. The number of anilines is 1. The molecule has 0 bridgehead atoms. The lowest BCUT2D eigenvalue weighted by Gasteiger charge is -2.03. The van der Waals surface area contributed by atoms with Gasteiger partial charge in [0.1, 0.15) is 11.6 Å². The van der Waals surface area contributed by atoms with Crippen molar-refractivity contribution in [1.29, 1.82) is 0 Å². The number of hydrogen-bond donors (Lipinski definition) is 1. The number of benzene rings is 1. The molecule has 2 N–H and O–H groups in total. The molecule has 0 aliphatic carbocycles. The van der Waals surface area contributed by atoms with Crippen molar-refractivity contribution in [3.05, 3.63) is 44.9 Å². The molecular formula is C11H9ClIN3S. The predicted molar refractivity (Wildman–Crippen MR) is 80.2 cm³/mol. The molecule has 6 heteroatoms. The van der Waals surface area contributed by atoms with E-state index in [1.165, 1.54) is 0 Å². The molecule has 1 heterocycles. The first-order valence-electron chi connectivity index (χ1n) is 4.80. The standard InChI is InChI=1S/C11H9ClIN3S/c12-7-1-3-8(4-2-7)17-6-10-15-5-9(13)11(14)16-10/h1-5H,6H2,(H2,14,15,16). The lowest BCUT2D eigenvalue weighted by atomic mass is 10.4. The molecule has 0 aliphatic heterocycles. The number of nitrogens with zero attached hydrogens (tertiary/aromatic N) is 2. The van der Waals surface area contributed by atoms with E-state index >= 15 is 0 Å². The van der Waals surface area contributed by atoms with Gasteiger partial charge >= 0.3 is 0 Å². The zero-order valence-electron chi connectivity index (χ0n) is 8.73. The van der Waals surface area contributed by atoms with E-state index in [9.17, 15) is 0 Å². The zero-order valence-corrected chi connectivity index (χ0v) is 12.5. The summed E-state index contributed by atoms with van der Waals surface area (Å²) < 4.78 is 0.878. The number of aromatic nitrogens is 2. The van der Waals surface area contributed by atoms with Crippen molar-refractivity contribution in [1.82, 2.24) is 9.97 Å². The normalized spacial score (nSPS) is 10.5. The molecule has 0 aliphatic rings. The van der Waals surface area contributed by atoms with Crippen LogP contribution in [0, 0.1) is 3.57 Å². The highest BCUT2D eigenvalue weighted by Gasteiger charge is 2.02. The molecule has 88 valence electrons. The van der Waals surface area contributed by atoms with Crippen molar-refractivity contribution in [2.24, 2.45) is 0 Å². The monoisotopic (exact) mass is 377 g/mol. The Kier molecular flexibility index (Phi) is 4.47. The van der Waals surface area contributed by atoms with Crippen LogP contribution < -0.4 is 5.73 Å². The van der Waals surface area contributed by atoms with Gasteiger partial charge in [-0.05, 0) is 46.9 Å². The third kappa shape index (κ3) is 3.72. The summed E-state index contributed by atoms with van der Waals surface area (Å²) in [6.07, 6.45) is 1.74. The summed E-state index contributed by atoms with van der Waals surface area (Å²) in [7, 11) is 0. The second kappa shape index (κ2) is 5.88. The Morgan fingerprint density at radius 1 is 1.29 bits per heavy atom. The second-order valence-electron chi connectivity index (χ2n) is 3.26. The van der Waals surface area contributed by atoms with Gasteiger partial charge in [0.25, 0.3) is 0 Å². The van der Waals surface area contributed by atoms with Crippen LogP contribution in [-0.2, 0) is 5.75 Å². The molecule has 0 unspecified atom stereocenters. The van der Waals surface area contributed by atoms with Crippen LogP contribution >= 0.6 is 46.0 Å². The molecule has 0 radical (unpaired) electrons. The maximum Gasteiger partial charge on any atom is 0.140 e. The first-order chi connectivity index (χ1) is 8.15. The summed E-state index contributed by atoms with van der Waals surface area (Å²) in [4.78, 5) is 9.58. The van der Waals surface area contributed by atoms with Gasteiger partial charge in [-0.15, -0.1) is 11.8 Å². The Balaban J connectivity index is 2.02. The summed E-state index contributed by atoms with van der Waals surface area (Å²) >= 11 is 9.58. The molecule has 0 atom stereocenters. The average Bonchev–Trinajstić information content (AvgIpc) is 2.33. The molecule has 2 aromatic rings. The highest BCUT2D eigenvalue weighted by Crippen LogP contribution is 2.23. The molecule has 17 heavy (non-hydrogen) atoms. The summed E-state index contributed by atoms with van der Waals surface area (Å²) in [5, 5.41) is 0.740. The lowest BCUT2D eigenvalue weighted by molar-refractivity contribution is 1.03. The van der Waals surface area contributed by atoms with Crippen LogP contribution in [0.15, 0.2) is 35.4 Å². The lowest BCUT2D eigenvalue weighted by Crippen LogP contribution is -2.00. The minimum Gasteiger partial charge on any atom is -0.383 e. The number of rotatable bonds is 3. The van der Waals surface area contributed by atoms with Gasteiger partial charge in [0.05, 0.1) is 9.32 Å². The Bertz CT molecular complexity index is 519. The van der Waals surface area contributed by atoms with Crippen LogP contribution in [0.25, 0.3) is 0 Å². The van der Waals surface area contributed by atoms with Gasteiger partial charge in [-0.25, -0.2) is 9.97 Å². The molecule has 0 saturated carbocycles. The fraction of sp³-hybridized carbons (Fsp3) is 0.0909. The number of nitrogens with two attached hydrogens (primary N) is 1. The highest BCUT2D eigenvalue weighted by molar-refractivity contribution is 14.1. The predicted octanol–water partition coefficient (Wildman–Crippen LogP) is 3.61. The van der Waals surface area contributed by atoms with Gasteiger partial charge < -0.3 is 5.73 Å². The van der Waals surface area contributed by atoms with Crippen molar-refractivity contribution < 1.29 is 0 Å². The summed E-state index contributed by atoms with van der Waals surface area (Å²) in [6, 6.07) is 7.69. The Morgan fingerprint density at radius 2 is 2.00 bits per heavy atom. The quantitative estimate of drug-likeness (QED) is 0.656. The van der Waals surface area contributed by atoms with Crippen molar-refractivity contribution in [3.8, 4) is 0 Å². The van der Waals surface area contributed by atoms with E-state index in [0.717, 1.165) is 19.3 Å². The SMILES string of the molecule is Nc1nc(CSc2ccc(Cl)cc2)ncc1I. The van der Waals surface area contributed by atoms with E-state index in [4.69, 9.17) is 17.3 Å². The number of hydrogen-bond acceptors (Lipinski definition) is 4. The highest BCUT2D eigenvalue weighted by atomic mass is 127.